The molecule has 3 nitrogen and oxygen atoms in total. The average molecular weight is 287 g/mol. The highest BCUT2D eigenvalue weighted by Gasteiger charge is 2.12. The van der Waals surface area contributed by atoms with Gasteiger partial charge in [0.2, 0.25) is 0 Å². The molecule has 0 heterocycles. The van der Waals surface area contributed by atoms with Crippen LogP contribution in [0.25, 0.3) is 0 Å². The molecule has 0 aromatic heterocycles. The molecule has 0 bridgehead atoms. The number of hydrogen-bond acceptors (Lipinski definition) is 3. The minimum atomic E-state index is 0.184. The van der Waals surface area contributed by atoms with Gasteiger partial charge in [0.15, 0.2) is 0 Å². The zero-order valence-electron chi connectivity index (χ0n) is 9.54. The minimum Gasteiger partial charge on any atom is -0.508 e. The minimum absolute atomic E-state index is 0.184. The third kappa shape index (κ3) is 3.77. The van der Waals surface area contributed by atoms with Crippen LogP contribution in [0.5, 0.6) is 5.75 Å². The summed E-state index contributed by atoms with van der Waals surface area (Å²) in [5, 5.41) is 13.2. The lowest BCUT2D eigenvalue weighted by Gasteiger charge is -2.18. The van der Waals surface area contributed by atoms with Crippen molar-refractivity contribution < 1.29 is 5.11 Å². The van der Waals surface area contributed by atoms with Gasteiger partial charge in [-0.3, -0.25) is 0 Å². The van der Waals surface area contributed by atoms with Crippen LogP contribution in [0.15, 0.2) is 22.7 Å². The second kappa shape index (κ2) is 6.89. The van der Waals surface area contributed by atoms with Gasteiger partial charge in [0.05, 0.1) is 0 Å². The predicted octanol–water partition coefficient (Wildman–Crippen LogP) is 2.54. The molecule has 0 radical (unpaired) electrons. The summed E-state index contributed by atoms with van der Waals surface area (Å²) in [6.07, 6.45) is 1.89. The number of nitrogens with one attached hydrogen (secondary N) is 1. The van der Waals surface area contributed by atoms with Crippen molar-refractivity contribution in [2.75, 3.05) is 13.1 Å². The summed E-state index contributed by atoms with van der Waals surface area (Å²) in [6, 6.07) is 5.70. The van der Waals surface area contributed by atoms with Crippen molar-refractivity contribution in [2.45, 2.75) is 25.8 Å². The molecule has 0 aliphatic heterocycles. The van der Waals surface area contributed by atoms with E-state index < -0.39 is 0 Å². The largest absolute Gasteiger partial charge is 0.508 e. The molecule has 16 heavy (non-hydrogen) atoms. The molecule has 0 fully saturated rings. The number of phenolic OH excluding ortho intramolecular Hbond substituents is 1. The van der Waals surface area contributed by atoms with Gasteiger partial charge in [-0.1, -0.05) is 22.9 Å². The summed E-state index contributed by atoms with van der Waals surface area (Å²) >= 11 is 3.42. The SMILES string of the molecule is CCC(NCCCN)c1cc(Br)ccc1O. The van der Waals surface area contributed by atoms with E-state index >= 15 is 0 Å². The Bertz CT molecular complexity index is 331. The first-order valence-corrected chi connectivity index (χ1v) is 6.40. The zero-order chi connectivity index (χ0) is 12.0. The summed E-state index contributed by atoms with van der Waals surface area (Å²) in [5.74, 6) is 0.343. The van der Waals surface area contributed by atoms with Crippen molar-refractivity contribution in [2.24, 2.45) is 5.73 Å². The summed E-state index contributed by atoms with van der Waals surface area (Å²) in [4.78, 5) is 0. The van der Waals surface area contributed by atoms with Gasteiger partial charge >= 0.3 is 0 Å². The lowest BCUT2D eigenvalue weighted by molar-refractivity contribution is 0.440. The van der Waals surface area contributed by atoms with E-state index in [-0.39, 0.29) is 6.04 Å². The first-order valence-electron chi connectivity index (χ1n) is 5.61. The molecule has 1 rings (SSSR count). The van der Waals surface area contributed by atoms with E-state index in [1.54, 1.807) is 6.07 Å². The van der Waals surface area contributed by atoms with Crippen molar-refractivity contribution in [1.29, 1.82) is 0 Å². The Hall–Kier alpha value is -0.580. The van der Waals surface area contributed by atoms with Crippen LogP contribution in [0.4, 0.5) is 0 Å². The van der Waals surface area contributed by atoms with Gasteiger partial charge in [-0.15, -0.1) is 0 Å². The van der Waals surface area contributed by atoms with E-state index in [1.807, 2.05) is 12.1 Å². The van der Waals surface area contributed by atoms with E-state index in [0.717, 1.165) is 29.4 Å². The normalized spacial score (nSPS) is 12.7. The highest BCUT2D eigenvalue weighted by molar-refractivity contribution is 9.10. The molecular formula is C12H19BrN2O. The fourth-order valence-electron chi connectivity index (χ4n) is 1.66. The lowest BCUT2D eigenvalue weighted by atomic mass is 10.0. The summed E-state index contributed by atoms with van der Waals surface area (Å²) in [6.45, 7) is 3.66. The maximum Gasteiger partial charge on any atom is 0.120 e. The molecule has 0 spiro atoms. The van der Waals surface area contributed by atoms with E-state index in [2.05, 4.69) is 28.2 Å². The Labute approximate surface area is 105 Å². The number of rotatable bonds is 6. The number of aromatic hydroxyl groups is 1. The lowest BCUT2D eigenvalue weighted by Crippen LogP contribution is -2.23. The van der Waals surface area contributed by atoms with Crippen LogP contribution >= 0.6 is 15.9 Å². The fraction of sp³-hybridized carbons (Fsp3) is 0.500. The Morgan fingerprint density at radius 1 is 1.50 bits per heavy atom. The number of hydrogen-bond donors (Lipinski definition) is 3. The molecule has 1 atom stereocenters. The van der Waals surface area contributed by atoms with E-state index in [1.165, 1.54) is 0 Å². The van der Waals surface area contributed by atoms with Crippen LogP contribution in [0.1, 0.15) is 31.4 Å². The van der Waals surface area contributed by atoms with Crippen molar-refractivity contribution in [3.63, 3.8) is 0 Å². The molecule has 1 aromatic rings. The third-order valence-corrected chi connectivity index (χ3v) is 3.04. The van der Waals surface area contributed by atoms with E-state index in [9.17, 15) is 5.11 Å². The molecule has 0 amide bonds. The van der Waals surface area contributed by atoms with Crippen molar-refractivity contribution in [3.8, 4) is 5.75 Å². The smallest absolute Gasteiger partial charge is 0.120 e. The predicted molar refractivity (Wildman–Crippen MR) is 70.5 cm³/mol. The van der Waals surface area contributed by atoms with Crippen LogP contribution in [0.3, 0.4) is 0 Å². The van der Waals surface area contributed by atoms with E-state index in [4.69, 9.17) is 5.73 Å². The van der Waals surface area contributed by atoms with Crippen molar-refractivity contribution in [3.05, 3.63) is 28.2 Å². The molecule has 1 aromatic carbocycles. The molecule has 4 N–H and O–H groups in total. The molecular weight excluding hydrogens is 268 g/mol. The monoisotopic (exact) mass is 286 g/mol. The Balaban J connectivity index is 2.73. The number of benzene rings is 1. The maximum atomic E-state index is 9.81. The van der Waals surface area contributed by atoms with Crippen molar-refractivity contribution in [1.82, 2.24) is 5.32 Å². The van der Waals surface area contributed by atoms with Crippen LogP contribution in [0.2, 0.25) is 0 Å². The van der Waals surface area contributed by atoms with Crippen LogP contribution < -0.4 is 11.1 Å². The summed E-state index contributed by atoms with van der Waals surface area (Å²) in [5.41, 5.74) is 6.39. The highest BCUT2D eigenvalue weighted by Crippen LogP contribution is 2.29. The fourth-order valence-corrected chi connectivity index (χ4v) is 2.04. The van der Waals surface area contributed by atoms with Crippen molar-refractivity contribution >= 4 is 15.9 Å². The standard InChI is InChI=1S/C12H19BrN2O/c1-2-11(15-7-3-6-14)10-8-9(13)4-5-12(10)16/h4-5,8,11,15-16H,2-3,6-7,14H2,1H3. The quantitative estimate of drug-likeness (QED) is 0.705. The second-order valence-corrected chi connectivity index (χ2v) is 4.68. The van der Waals surface area contributed by atoms with Gasteiger partial charge in [-0.2, -0.15) is 0 Å². The average Bonchev–Trinajstić information content (AvgIpc) is 2.28. The van der Waals surface area contributed by atoms with Gasteiger partial charge in [0, 0.05) is 16.1 Å². The van der Waals surface area contributed by atoms with Crippen LogP contribution in [-0.2, 0) is 0 Å². The number of nitrogens with two attached hydrogens (primary N) is 1. The van der Waals surface area contributed by atoms with Crippen LogP contribution in [0, 0.1) is 0 Å². The maximum absolute atomic E-state index is 9.81. The second-order valence-electron chi connectivity index (χ2n) is 3.76. The molecule has 0 aliphatic rings. The Kier molecular flexibility index (Phi) is 5.80. The molecule has 0 aliphatic carbocycles. The van der Waals surface area contributed by atoms with Crippen LogP contribution in [-0.4, -0.2) is 18.2 Å². The van der Waals surface area contributed by atoms with Gasteiger partial charge in [0.25, 0.3) is 0 Å². The first kappa shape index (κ1) is 13.5. The van der Waals surface area contributed by atoms with E-state index in [0.29, 0.717) is 12.3 Å². The summed E-state index contributed by atoms with van der Waals surface area (Å²) < 4.78 is 0.986. The van der Waals surface area contributed by atoms with Gasteiger partial charge in [-0.25, -0.2) is 0 Å². The summed E-state index contributed by atoms with van der Waals surface area (Å²) in [7, 11) is 0. The molecule has 4 heteroatoms. The first-order chi connectivity index (χ1) is 7.69. The van der Waals surface area contributed by atoms with Gasteiger partial charge in [-0.05, 0) is 44.1 Å². The third-order valence-electron chi connectivity index (χ3n) is 2.54. The molecule has 0 saturated heterocycles. The molecule has 90 valence electrons. The highest BCUT2D eigenvalue weighted by atomic mass is 79.9. The van der Waals surface area contributed by atoms with Gasteiger partial charge in [0.1, 0.15) is 5.75 Å². The molecule has 1 unspecified atom stereocenters. The Morgan fingerprint density at radius 2 is 2.25 bits per heavy atom. The number of halogens is 1. The molecule has 0 saturated carbocycles. The Morgan fingerprint density at radius 3 is 2.88 bits per heavy atom. The topological polar surface area (TPSA) is 58.3 Å². The number of phenols is 1. The zero-order valence-corrected chi connectivity index (χ0v) is 11.1. The van der Waals surface area contributed by atoms with Gasteiger partial charge < -0.3 is 16.2 Å².